The molecular formula is C11H11N3O3. The van der Waals surface area contributed by atoms with Gasteiger partial charge in [0.15, 0.2) is 5.69 Å². The number of nitrogen functional groups attached to an aromatic ring is 1. The van der Waals surface area contributed by atoms with E-state index in [0.29, 0.717) is 11.4 Å². The summed E-state index contributed by atoms with van der Waals surface area (Å²) in [5.41, 5.74) is 6.03. The molecule has 0 aliphatic carbocycles. The molecule has 0 aliphatic heterocycles. The van der Waals surface area contributed by atoms with Gasteiger partial charge in [-0.3, -0.25) is 0 Å². The number of methoxy groups -OCH3 is 1. The number of carboxylic acids is 1. The summed E-state index contributed by atoms with van der Waals surface area (Å²) in [6, 6.07) is 8.28. The molecule has 17 heavy (non-hydrogen) atoms. The van der Waals surface area contributed by atoms with Crippen molar-refractivity contribution in [3.63, 3.8) is 0 Å². The maximum Gasteiger partial charge on any atom is 0.354 e. The van der Waals surface area contributed by atoms with Crippen LogP contribution in [-0.4, -0.2) is 28.0 Å². The number of hydrogen-bond acceptors (Lipinski definition) is 4. The highest BCUT2D eigenvalue weighted by Crippen LogP contribution is 2.23. The molecule has 0 saturated heterocycles. The van der Waals surface area contributed by atoms with Crippen LogP contribution in [0.3, 0.4) is 0 Å². The molecular weight excluding hydrogens is 222 g/mol. The maximum atomic E-state index is 11.1. The van der Waals surface area contributed by atoms with Crippen molar-refractivity contribution in [2.45, 2.75) is 0 Å². The summed E-state index contributed by atoms with van der Waals surface area (Å²) in [5.74, 6) is -0.425. The smallest absolute Gasteiger partial charge is 0.354 e. The molecule has 1 heterocycles. The van der Waals surface area contributed by atoms with Crippen LogP contribution in [0.4, 0.5) is 5.82 Å². The monoisotopic (exact) mass is 233 g/mol. The van der Waals surface area contributed by atoms with Crippen LogP contribution in [0.25, 0.3) is 5.69 Å². The van der Waals surface area contributed by atoms with E-state index in [9.17, 15) is 4.79 Å². The van der Waals surface area contributed by atoms with Gasteiger partial charge in [0.2, 0.25) is 0 Å². The van der Waals surface area contributed by atoms with Crippen molar-refractivity contribution in [3.05, 3.63) is 36.0 Å². The van der Waals surface area contributed by atoms with E-state index in [2.05, 4.69) is 5.10 Å². The number of carboxylic acid groups (broad SMARTS) is 1. The van der Waals surface area contributed by atoms with Crippen LogP contribution >= 0.6 is 0 Å². The predicted molar refractivity (Wildman–Crippen MR) is 61.5 cm³/mol. The zero-order chi connectivity index (χ0) is 12.4. The van der Waals surface area contributed by atoms with E-state index in [0.717, 1.165) is 0 Å². The zero-order valence-corrected chi connectivity index (χ0v) is 9.12. The molecule has 88 valence electrons. The lowest BCUT2D eigenvalue weighted by atomic mass is 10.3. The lowest BCUT2D eigenvalue weighted by molar-refractivity contribution is 0.0687. The second-order valence-corrected chi connectivity index (χ2v) is 3.34. The zero-order valence-electron chi connectivity index (χ0n) is 9.12. The summed E-state index contributed by atoms with van der Waals surface area (Å²) in [7, 11) is 1.51. The van der Waals surface area contributed by atoms with Gasteiger partial charge in [0.1, 0.15) is 17.3 Å². The fourth-order valence-corrected chi connectivity index (χ4v) is 1.54. The van der Waals surface area contributed by atoms with E-state index in [-0.39, 0.29) is 11.5 Å². The summed E-state index contributed by atoms with van der Waals surface area (Å²) in [6.45, 7) is 0. The third kappa shape index (κ3) is 1.92. The van der Waals surface area contributed by atoms with E-state index in [1.54, 1.807) is 24.3 Å². The second kappa shape index (κ2) is 4.17. The van der Waals surface area contributed by atoms with E-state index < -0.39 is 5.97 Å². The second-order valence-electron chi connectivity index (χ2n) is 3.34. The van der Waals surface area contributed by atoms with Crippen molar-refractivity contribution in [1.29, 1.82) is 0 Å². The number of nitrogens with zero attached hydrogens (tertiary/aromatic N) is 2. The van der Waals surface area contributed by atoms with Gasteiger partial charge in [0.05, 0.1) is 7.11 Å². The molecule has 2 aromatic rings. The van der Waals surface area contributed by atoms with Gasteiger partial charge in [0, 0.05) is 6.07 Å². The molecule has 0 spiro atoms. The molecule has 0 fully saturated rings. The normalized spacial score (nSPS) is 10.2. The summed E-state index contributed by atoms with van der Waals surface area (Å²) in [5, 5.41) is 13.0. The van der Waals surface area contributed by atoms with Gasteiger partial charge in [-0.05, 0) is 12.1 Å². The number of hydrogen-bond donors (Lipinski definition) is 2. The standard InChI is InChI=1S/C11H11N3O3/c1-17-9-5-3-2-4-7(9)14-8(11(15)16)6-10(12)13-14/h2-6H,1H3,(H2,12,13)(H,15,16). The average molecular weight is 233 g/mol. The van der Waals surface area contributed by atoms with Crippen LogP contribution in [-0.2, 0) is 0 Å². The minimum Gasteiger partial charge on any atom is -0.494 e. The lowest BCUT2D eigenvalue weighted by Crippen LogP contribution is -2.09. The fraction of sp³-hybridized carbons (Fsp3) is 0.0909. The Morgan fingerprint density at radius 2 is 2.18 bits per heavy atom. The van der Waals surface area contributed by atoms with Gasteiger partial charge >= 0.3 is 5.97 Å². The molecule has 6 nitrogen and oxygen atoms in total. The first-order chi connectivity index (χ1) is 8.13. The third-order valence-corrected chi connectivity index (χ3v) is 2.26. The Balaban J connectivity index is 2.63. The largest absolute Gasteiger partial charge is 0.494 e. The van der Waals surface area contributed by atoms with Crippen LogP contribution in [0, 0.1) is 0 Å². The first-order valence-corrected chi connectivity index (χ1v) is 4.85. The number of benzene rings is 1. The number of nitrogens with two attached hydrogens (primary N) is 1. The molecule has 0 atom stereocenters. The summed E-state index contributed by atoms with van der Waals surface area (Å²) in [4.78, 5) is 11.1. The number of aromatic carboxylic acids is 1. The predicted octanol–water partition coefficient (Wildman–Crippen LogP) is 1.16. The Kier molecular flexibility index (Phi) is 2.70. The minimum atomic E-state index is -1.10. The Morgan fingerprint density at radius 1 is 1.47 bits per heavy atom. The fourth-order valence-electron chi connectivity index (χ4n) is 1.54. The molecule has 0 bridgehead atoms. The highest BCUT2D eigenvalue weighted by atomic mass is 16.5. The number of carbonyl (C=O) groups is 1. The van der Waals surface area contributed by atoms with Gasteiger partial charge in [-0.2, -0.15) is 0 Å². The number of aromatic nitrogens is 2. The van der Waals surface area contributed by atoms with Crippen molar-refractivity contribution >= 4 is 11.8 Å². The molecule has 1 aromatic carbocycles. The SMILES string of the molecule is COc1ccccc1-n1nc(N)cc1C(=O)O. The van der Waals surface area contributed by atoms with Gasteiger partial charge in [0.25, 0.3) is 0 Å². The molecule has 1 aromatic heterocycles. The van der Waals surface area contributed by atoms with E-state index in [1.165, 1.54) is 17.9 Å². The van der Waals surface area contributed by atoms with Crippen molar-refractivity contribution in [3.8, 4) is 11.4 Å². The van der Waals surface area contributed by atoms with Gasteiger partial charge in [-0.15, -0.1) is 5.10 Å². The number of ether oxygens (including phenoxy) is 1. The molecule has 0 saturated carbocycles. The Bertz CT molecular complexity index is 563. The third-order valence-electron chi connectivity index (χ3n) is 2.26. The topological polar surface area (TPSA) is 90.4 Å². The Hall–Kier alpha value is -2.50. The van der Waals surface area contributed by atoms with E-state index >= 15 is 0 Å². The molecule has 2 rings (SSSR count). The van der Waals surface area contributed by atoms with Crippen LogP contribution in [0.15, 0.2) is 30.3 Å². The molecule has 0 amide bonds. The average Bonchev–Trinajstić information content (AvgIpc) is 2.71. The molecule has 0 aliphatic rings. The number of anilines is 1. The quantitative estimate of drug-likeness (QED) is 0.830. The van der Waals surface area contributed by atoms with Gasteiger partial charge < -0.3 is 15.6 Å². The van der Waals surface area contributed by atoms with Crippen LogP contribution in [0.1, 0.15) is 10.5 Å². The van der Waals surface area contributed by atoms with Crippen molar-refractivity contribution < 1.29 is 14.6 Å². The van der Waals surface area contributed by atoms with E-state index in [1.807, 2.05) is 0 Å². The Morgan fingerprint density at radius 3 is 2.82 bits per heavy atom. The highest BCUT2D eigenvalue weighted by molar-refractivity contribution is 5.87. The summed E-state index contributed by atoms with van der Waals surface area (Å²) >= 11 is 0. The molecule has 3 N–H and O–H groups in total. The Labute approximate surface area is 97.2 Å². The molecule has 0 radical (unpaired) electrons. The number of para-hydroxylation sites is 2. The first kappa shape index (κ1) is 11.0. The summed E-state index contributed by atoms with van der Waals surface area (Å²) < 4.78 is 6.40. The van der Waals surface area contributed by atoms with Crippen LogP contribution < -0.4 is 10.5 Å². The first-order valence-electron chi connectivity index (χ1n) is 4.85. The number of rotatable bonds is 3. The molecule has 6 heteroatoms. The van der Waals surface area contributed by atoms with Crippen LogP contribution in [0.2, 0.25) is 0 Å². The minimum absolute atomic E-state index is 0.00741. The lowest BCUT2D eigenvalue weighted by Gasteiger charge is -2.09. The van der Waals surface area contributed by atoms with Crippen molar-refractivity contribution in [1.82, 2.24) is 9.78 Å². The van der Waals surface area contributed by atoms with Crippen LogP contribution in [0.5, 0.6) is 5.75 Å². The molecule has 0 unspecified atom stereocenters. The van der Waals surface area contributed by atoms with E-state index in [4.69, 9.17) is 15.6 Å². The van der Waals surface area contributed by atoms with Gasteiger partial charge in [-0.1, -0.05) is 12.1 Å². The summed E-state index contributed by atoms with van der Waals surface area (Å²) in [6.07, 6.45) is 0. The maximum absolute atomic E-state index is 11.1. The van der Waals surface area contributed by atoms with Crippen molar-refractivity contribution in [2.75, 3.05) is 12.8 Å². The highest BCUT2D eigenvalue weighted by Gasteiger charge is 2.16. The van der Waals surface area contributed by atoms with Gasteiger partial charge in [-0.25, -0.2) is 9.48 Å². The van der Waals surface area contributed by atoms with Crippen molar-refractivity contribution in [2.24, 2.45) is 0 Å².